The lowest BCUT2D eigenvalue weighted by atomic mass is 9.84. The zero-order valence-electron chi connectivity index (χ0n) is 12.4. The molecule has 2 rings (SSSR count). The first kappa shape index (κ1) is 15.6. The van der Waals surface area contributed by atoms with Gasteiger partial charge in [-0.15, -0.1) is 0 Å². The number of hydrogen-bond acceptors (Lipinski definition) is 5. The van der Waals surface area contributed by atoms with Crippen molar-refractivity contribution >= 4 is 23.6 Å². The Balaban J connectivity index is 2.16. The van der Waals surface area contributed by atoms with Gasteiger partial charge < -0.3 is 14.7 Å². The van der Waals surface area contributed by atoms with Gasteiger partial charge in [0.05, 0.1) is 18.1 Å². The van der Waals surface area contributed by atoms with E-state index in [-0.39, 0.29) is 35.2 Å². The fraction of sp³-hybridized carbons (Fsp3) is 0.857. The van der Waals surface area contributed by atoms with Crippen LogP contribution in [0.2, 0.25) is 0 Å². The number of esters is 1. The molecule has 5 atom stereocenters. The van der Waals surface area contributed by atoms with E-state index >= 15 is 0 Å². The number of nitrogens with zero attached hydrogens (tertiary/aromatic N) is 1. The average Bonchev–Trinajstić information content (AvgIpc) is 2.63. The normalized spacial score (nSPS) is 33.9. The highest BCUT2D eigenvalue weighted by Gasteiger charge is 2.61. The van der Waals surface area contributed by atoms with Crippen molar-refractivity contribution in [3.63, 3.8) is 0 Å². The van der Waals surface area contributed by atoms with E-state index in [0.717, 1.165) is 12.2 Å². The number of β-lactam (4-membered cyclic amide) rings is 1. The predicted octanol–water partition coefficient (Wildman–Crippen LogP) is 1.04. The first-order chi connectivity index (χ1) is 9.38. The maximum Gasteiger partial charge on any atom is 0.330 e. The van der Waals surface area contributed by atoms with E-state index in [1.54, 1.807) is 23.6 Å². The number of carbonyl (C=O) groups excluding carboxylic acids is 2. The van der Waals surface area contributed by atoms with Crippen molar-refractivity contribution in [2.24, 2.45) is 5.92 Å². The molecule has 0 bridgehead atoms. The summed E-state index contributed by atoms with van der Waals surface area (Å²) < 4.78 is 5.30. The zero-order chi connectivity index (χ0) is 15.0. The Morgan fingerprint density at radius 3 is 2.65 bits per heavy atom. The van der Waals surface area contributed by atoms with E-state index in [1.165, 1.54) is 0 Å². The van der Waals surface area contributed by atoms with Crippen LogP contribution in [0.15, 0.2) is 0 Å². The van der Waals surface area contributed by atoms with Gasteiger partial charge in [-0.3, -0.25) is 4.79 Å². The first-order valence-electron chi connectivity index (χ1n) is 7.20. The predicted molar refractivity (Wildman–Crippen MR) is 77.4 cm³/mol. The van der Waals surface area contributed by atoms with Crippen molar-refractivity contribution in [2.75, 3.05) is 5.75 Å². The molecule has 114 valence electrons. The second-order valence-corrected chi connectivity index (χ2v) is 7.26. The highest BCUT2D eigenvalue weighted by atomic mass is 32.2. The second-order valence-electron chi connectivity index (χ2n) is 5.74. The van der Waals surface area contributed by atoms with Crippen LogP contribution >= 0.6 is 11.8 Å². The maximum atomic E-state index is 12.3. The minimum atomic E-state index is -0.657. The topological polar surface area (TPSA) is 66.8 Å². The number of hydrogen-bond donors (Lipinski definition) is 1. The number of ether oxygens (including phenoxy) is 1. The van der Waals surface area contributed by atoms with Gasteiger partial charge in [0.15, 0.2) is 0 Å². The number of carbonyl (C=O) groups is 2. The zero-order valence-corrected chi connectivity index (χ0v) is 13.2. The minimum Gasteiger partial charge on any atom is -0.461 e. The Hall–Kier alpha value is -0.750. The standard InChI is InChI=1S/C14H23NO4S/c1-5-20-10-6-9-11(8(4)16)13(17)15(9)12(10)14(18)19-7(2)3/h7-12,16H,5-6H2,1-4H3/t8-,9-,10?,11-,12?/m1/s1. The van der Waals surface area contributed by atoms with Crippen LogP contribution < -0.4 is 0 Å². The lowest BCUT2D eigenvalue weighted by Gasteiger charge is -2.46. The lowest BCUT2D eigenvalue weighted by molar-refractivity contribution is -0.173. The van der Waals surface area contributed by atoms with Crippen molar-refractivity contribution in [1.29, 1.82) is 0 Å². The van der Waals surface area contributed by atoms with Gasteiger partial charge in [-0.1, -0.05) is 6.92 Å². The van der Waals surface area contributed by atoms with Crippen LogP contribution in [0.3, 0.4) is 0 Å². The summed E-state index contributed by atoms with van der Waals surface area (Å²) in [6.45, 7) is 7.30. The Morgan fingerprint density at radius 2 is 2.15 bits per heavy atom. The van der Waals surface area contributed by atoms with Gasteiger partial charge in [-0.05, 0) is 32.9 Å². The summed E-state index contributed by atoms with van der Waals surface area (Å²) in [5.74, 6) is 0.108. The molecule has 2 saturated heterocycles. The molecule has 1 N–H and O–H groups in total. The summed E-state index contributed by atoms with van der Waals surface area (Å²) in [6, 6.07) is -0.508. The summed E-state index contributed by atoms with van der Waals surface area (Å²) in [5.41, 5.74) is 0. The van der Waals surface area contributed by atoms with Gasteiger partial charge in [0, 0.05) is 11.3 Å². The van der Waals surface area contributed by atoms with Gasteiger partial charge in [-0.25, -0.2) is 4.79 Å². The maximum absolute atomic E-state index is 12.3. The third-order valence-electron chi connectivity index (χ3n) is 3.93. The van der Waals surface area contributed by atoms with E-state index in [9.17, 15) is 14.7 Å². The summed E-state index contributed by atoms with van der Waals surface area (Å²) >= 11 is 1.69. The number of thioether (sulfide) groups is 1. The number of aliphatic hydroxyl groups excluding tert-OH is 1. The molecule has 0 aromatic heterocycles. The second kappa shape index (κ2) is 5.93. The van der Waals surface area contributed by atoms with E-state index in [4.69, 9.17) is 4.74 Å². The van der Waals surface area contributed by atoms with Crippen molar-refractivity contribution in [2.45, 2.75) is 63.7 Å². The van der Waals surface area contributed by atoms with Crippen molar-refractivity contribution in [1.82, 2.24) is 4.90 Å². The number of aliphatic hydroxyl groups is 1. The van der Waals surface area contributed by atoms with Crippen LogP contribution in [0.1, 0.15) is 34.1 Å². The van der Waals surface area contributed by atoms with Crippen molar-refractivity contribution in [3.8, 4) is 0 Å². The molecule has 0 aromatic rings. The van der Waals surface area contributed by atoms with E-state index < -0.39 is 12.1 Å². The van der Waals surface area contributed by atoms with Crippen LogP contribution in [-0.4, -0.2) is 57.2 Å². The summed E-state index contributed by atoms with van der Waals surface area (Å²) in [5, 5.41) is 9.78. The van der Waals surface area contributed by atoms with Crippen LogP contribution in [0.25, 0.3) is 0 Å². The van der Waals surface area contributed by atoms with Gasteiger partial charge in [0.2, 0.25) is 5.91 Å². The highest BCUT2D eigenvalue weighted by molar-refractivity contribution is 7.99. The van der Waals surface area contributed by atoms with Crippen LogP contribution in [0.5, 0.6) is 0 Å². The summed E-state index contributed by atoms with van der Waals surface area (Å²) in [6.07, 6.45) is -0.0776. The largest absolute Gasteiger partial charge is 0.461 e. The molecule has 2 unspecified atom stereocenters. The molecule has 0 aromatic carbocycles. The molecule has 6 heteroatoms. The monoisotopic (exact) mass is 301 g/mol. The molecule has 2 fully saturated rings. The Morgan fingerprint density at radius 1 is 1.50 bits per heavy atom. The van der Waals surface area contributed by atoms with Crippen molar-refractivity contribution in [3.05, 3.63) is 0 Å². The van der Waals surface area contributed by atoms with Crippen LogP contribution in [0, 0.1) is 5.92 Å². The smallest absolute Gasteiger partial charge is 0.330 e. The fourth-order valence-corrected chi connectivity index (χ4v) is 4.40. The highest BCUT2D eigenvalue weighted by Crippen LogP contribution is 2.45. The van der Waals surface area contributed by atoms with Gasteiger partial charge in [-0.2, -0.15) is 11.8 Å². The first-order valence-corrected chi connectivity index (χ1v) is 8.25. The quantitative estimate of drug-likeness (QED) is 0.607. The molecule has 5 nitrogen and oxygen atoms in total. The SMILES string of the molecule is CCSC1C[C@@H]2[C@@H]([C@@H](C)O)C(=O)N2C1C(=O)OC(C)C. The Kier molecular flexibility index (Phi) is 4.64. The van der Waals surface area contributed by atoms with Gasteiger partial charge in [0.1, 0.15) is 6.04 Å². The van der Waals surface area contributed by atoms with E-state index in [2.05, 4.69) is 0 Å². The molecule has 0 aliphatic carbocycles. The Bertz CT molecular complexity index is 399. The molecule has 0 spiro atoms. The van der Waals surface area contributed by atoms with Gasteiger partial charge in [0.25, 0.3) is 0 Å². The molecular formula is C14H23NO4S. The van der Waals surface area contributed by atoms with Crippen LogP contribution in [-0.2, 0) is 14.3 Å². The van der Waals surface area contributed by atoms with Gasteiger partial charge >= 0.3 is 5.97 Å². The number of rotatable bonds is 5. The minimum absolute atomic E-state index is 0.0173. The third kappa shape index (κ3) is 2.55. The Labute approximate surface area is 124 Å². The van der Waals surface area contributed by atoms with Crippen molar-refractivity contribution < 1.29 is 19.4 Å². The molecule has 2 heterocycles. The molecule has 20 heavy (non-hydrogen) atoms. The number of fused-ring (bicyclic) bond motifs is 1. The molecule has 0 radical (unpaired) electrons. The number of amides is 1. The molecular weight excluding hydrogens is 278 g/mol. The summed E-state index contributed by atoms with van der Waals surface area (Å²) in [7, 11) is 0. The van der Waals surface area contributed by atoms with E-state index in [1.807, 2.05) is 20.8 Å². The van der Waals surface area contributed by atoms with E-state index in [0.29, 0.717) is 0 Å². The molecule has 1 amide bonds. The average molecular weight is 301 g/mol. The molecule has 2 aliphatic heterocycles. The third-order valence-corrected chi connectivity index (χ3v) is 5.14. The molecule has 0 saturated carbocycles. The van der Waals surface area contributed by atoms with Crippen LogP contribution in [0.4, 0.5) is 0 Å². The fourth-order valence-electron chi connectivity index (χ4n) is 3.21. The molecule has 2 aliphatic rings. The lowest BCUT2D eigenvalue weighted by Crippen LogP contribution is -2.65. The summed E-state index contributed by atoms with van der Waals surface area (Å²) in [4.78, 5) is 26.1.